The molecule has 1 unspecified atom stereocenters. The molecule has 100 valence electrons. The second-order valence-electron chi connectivity index (χ2n) is 4.51. The van der Waals surface area contributed by atoms with Crippen molar-refractivity contribution in [3.8, 4) is 0 Å². The number of nitrogen functional groups attached to an aromatic ring is 1. The van der Waals surface area contributed by atoms with Gasteiger partial charge in [-0.2, -0.15) is 0 Å². The van der Waals surface area contributed by atoms with Crippen molar-refractivity contribution in [1.29, 1.82) is 0 Å². The maximum Gasteiger partial charge on any atom is 0.0503 e. The van der Waals surface area contributed by atoms with E-state index in [2.05, 4.69) is 0 Å². The predicted molar refractivity (Wildman–Crippen MR) is 82.6 cm³/mol. The molecule has 2 aromatic rings. The maximum absolute atomic E-state index is 12.2. The van der Waals surface area contributed by atoms with Crippen LogP contribution in [0.4, 0.5) is 5.69 Å². The molecule has 19 heavy (non-hydrogen) atoms. The Kier molecular flexibility index (Phi) is 4.61. The van der Waals surface area contributed by atoms with Crippen molar-refractivity contribution in [2.45, 2.75) is 18.4 Å². The summed E-state index contributed by atoms with van der Waals surface area (Å²) in [7, 11) is -0.974. The van der Waals surface area contributed by atoms with Gasteiger partial charge in [-0.25, -0.2) is 0 Å². The summed E-state index contributed by atoms with van der Waals surface area (Å²) >= 11 is 6.09. The zero-order valence-corrected chi connectivity index (χ0v) is 12.3. The summed E-state index contributed by atoms with van der Waals surface area (Å²) in [5, 5.41) is 0.582. The normalized spacial score (nSPS) is 12.3. The first kappa shape index (κ1) is 14.1. The summed E-state index contributed by atoms with van der Waals surface area (Å²) in [4.78, 5) is 0. The van der Waals surface area contributed by atoms with Gasteiger partial charge in [-0.1, -0.05) is 41.9 Å². The second-order valence-corrected chi connectivity index (χ2v) is 6.37. The van der Waals surface area contributed by atoms with Crippen LogP contribution in [0.15, 0.2) is 42.5 Å². The molecule has 2 nitrogen and oxygen atoms in total. The van der Waals surface area contributed by atoms with Crippen LogP contribution in [0, 0.1) is 6.92 Å². The van der Waals surface area contributed by atoms with Gasteiger partial charge in [-0.3, -0.25) is 4.21 Å². The third-order valence-corrected chi connectivity index (χ3v) is 4.59. The van der Waals surface area contributed by atoms with E-state index in [0.717, 1.165) is 11.1 Å². The van der Waals surface area contributed by atoms with Gasteiger partial charge in [0.1, 0.15) is 0 Å². The quantitative estimate of drug-likeness (QED) is 0.874. The lowest BCUT2D eigenvalue weighted by atomic mass is 10.1. The number of nitrogens with two attached hydrogens (primary N) is 1. The monoisotopic (exact) mass is 293 g/mol. The highest BCUT2D eigenvalue weighted by molar-refractivity contribution is 7.83. The minimum Gasteiger partial charge on any atom is -0.399 e. The number of halogens is 1. The van der Waals surface area contributed by atoms with E-state index in [4.69, 9.17) is 17.3 Å². The molecule has 0 aliphatic rings. The molecule has 2 rings (SSSR count). The zero-order valence-electron chi connectivity index (χ0n) is 10.7. The van der Waals surface area contributed by atoms with E-state index in [0.29, 0.717) is 22.2 Å². The minimum absolute atomic E-state index is 0.452. The van der Waals surface area contributed by atoms with Gasteiger partial charge in [-0.15, -0.1) is 0 Å². The molecule has 0 amide bonds. The third-order valence-electron chi connectivity index (χ3n) is 2.97. The van der Waals surface area contributed by atoms with Gasteiger partial charge in [0.2, 0.25) is 0 Å². The first-order valence-electron chi connectivity index (χ1n) is 5.99. The molecule has 0 heterocycles. The molecule has 0 spiro atoms. The molecule has 0 radical (unpaired) electrons. The molecule has 2 aromatic carbocycles. The summed E-state index contributed by atoms with van der Waals surface area (Å²) in [6.45, 7) is 2.03. The molecule has 4 heteroatoms. The molecule has 0 fully saturated rings. The molecular weight excluding hydrogens is 278 g/mol. The summed E-state index contributed by atoms with van der Waals surface area (Å²) in [5.74, 6) is 1.00. The van der Waals surface area contributed by atoms with Gasteiger partial charge in [0.25, 0.3) is 0 Å². The number of hydrogen-bond donors (Lipinski definition) is 1. The molecule has 0 aromatic heterocycles. The Labute approximate surface area is 121 Å². The predicted octanol–water partition coefficient (Wildman–Crippen LogP) is 3.68. The molecule has 0 aliphatic heterocycles. The van der Waals surface area contributed by atoms with E-state index in [9.17, 15) is 4.21 Å². The largest absolute Gasteiger partial charge is 0.399 e. The van der Waals surface area contributed by atoms with Crippen molar-refractivity contribution < 1.29 is 4.21 Å². The highest BCUT2D eigenvalue weighted by Crippen LogP contribution is 2.21. The lowest BCUT2D eigenvalue weighted by Crippen LogP contribution is -2.02. The molecule has 0 saturated heterocycles. The highest BCUT2D eigenvalue weighted by atomic mass is 35.5. The first-order valence-corrected chi connectivity index (χ1v) is 7.86. The number of rotatable bonds is 4. The van der Waals surface area contributed by atoms with E-state index in [-0.39, 0.29) is 0 Å². The SMILES string of the molecule is Cc1ccccc1CS(=O)Cc1ccc(N)cc1Cl. The topological polar surface area (TPSA) is 43.1 Å². The van der Waals surface area contributed by atoms with Crippen LogP contribution in [0.2, 0.25) is 5.02 Å². The van der Waals surface area contributed by atoms with Crippen LogP contribution in [-0.2, 0) is 22.3 Å². The molecular formula is C15H16ClNOS. The fourth-order valence-electron chi connectivity index (χ4n) is 1.85. The third kappa shape index (κ3) is 3.82. The van der Waals surface area contributed by atoms with Gasteiger partial charge in [0, 0.05) is 27.3 Å². The molecule has 0 saturated carbocycles. The van der Waals surface area contributed by atoms with Crippen molar-refractivity contribution in [3.05, 3.63) is 64.2 Å². The van der Waals surface area contributed by atoms with Crippen LogP contribution in [0.3, 0.4) is 0 Å². The Morgan fingerprint density at radius 1 is 1.11 bits per heavy atom. The van der Waals surface area contributed by atoms with Crippen LogP contribution < -0.4 is 5.73 Å². The Morgan fingerprint density at radius 3 is 2.47 bits per heavy atom. The van der Waals surface area contributed by atoms with Crippen molar-refractivity contribution in [1.82, 2.24) is 0 Å². The summed E-state index contributed by atoms with van der Waals surface area (Å²) < 4.78 is 12.2. The van der Waals surface area contributed by atoms with Crippen LogP contribution in [0.5, 0.6) is 0 Å². The average molecular weight is 294 g/mol. The Bertz CT molecular complexity index is 613. The van der Waals surface area contributed by atoms with Gasteiger partial charge in [-0.05, 0) is 35.7 Å². The van der Waals surface area contributed by atoms with Crippen LogP contribution in [0.1, 0.15) is 16.7 Å². The van der Waals surface area contributed by atoms with Crippen LogP contribution in [0.25, 0.3) is 0 Å². The molecule has 0 aliphatic carbocycles. The Balaban J connectivity index is 2.08. The number of anilines is 1. The second kappa shape index (κ2) is 6.22. The van der Waals surface area contributed by atoms with Crippen molar-refractivity contribution in [2.24, 2.45) is 0 Å². The molecule has 1 atom stereocenters. The van der Waals surface area contributed by atoms with E-state index >= 15 is 0 Å². The molecule has 0 bridgehead atoms. The van der Waals surface area contributed by atoms with Gasteiger partial charge in [0.05, 0.1) is 5.75 Å². The Morgan fingerprint density at radius 2 is 1.79 bits per heavy atom. The fourth-order valence-corrected chi connectivity index (χ4v) is 3.56. The van der Waals surface area contributed by atoms with E-state index in [1.807, 2.05) is 37.3 Å². The minimum atomic E-state index is -0.974. The highest BCUT2D eigenvalue weighted by Gasteiger charge is 2.08. The van der Waals surface area contributed by atoms with Crippen LogP contribution >= 0.6 is 11.6 Å². The number of benzene rings is 2. The van der Waals surface area contributed by atoms with E-state index in [1.54, 1.807) is 12.1 Å². The van der Waals surface area contributed by atoms with Crippen molar-refractivity contribution in [2.75, 3.05) is 5.73 Å². The fraction of sp³-hybridized carbons (Fsp3) is 0.200. The van der Waals surface area contributed by atoms with Crippen molar-refractivity contribution >= 4 is 28.1 Å². The van der Waals surface area contributed by atoms with Crippen LogP contribution in [-0.4, -0.2) is 4.21 Å². The molecule has 2 N–H and O–H groups in total. The number of hydrogen-bond acceptors (Lipinski definition) is 2. The lowest BCUT2D eigenvalue weighted by molar-refractivity contribution is 0.682. The number of aryl methyl sites for hydroxylation is 1. The standard InChI is InChI=1S/C15H16ClNOS/c1-11-4-2-3-5-12(11)9-19(18)10-13-6-7-14(17)8-15(13)16/h2-8H,9-10,17H2,1H3. The smallest absolute Gasteiger partial charge is 0.0503 e. The van der Waals surface area contributed by atoms with E-state index < -0.39 is 10.8 Å². The maximum atomic E-state index is 12.2. The Hall–Kier alpha value is -1.32. The summed E-state index contributed by atoms with van der Waals surface area (Å²) in [5.41, 5.74) is 9.43. The zero-order chi connectivity index (χ0) is 13.8. The summed E-state index contributed by atoms with van der Waals surface area (Å²) in [6, 6.07) is 13.3. The van der Waals surface area contributed by atoms with Gasteiger partial charge < -0.3 is 5.73 Å². The average Bonchev–Trinajstić information content (AvgIpc) is 2.36. The lowest BCUT2D eigenvalue weighted by Gasteiger charge is -2.07. The van der Waals surface area contributed by atoms with Gasteiger partial charge in [0.15, 0.2) is 0 Å². The van der Waals surface area contributed by atoms with E-state index in [1.165, 1.54) is 5.56 Å². The first-order chi connectivity index (χ1) is 9.06. The van der Waals surface area contributed by atoms with Gasteiger partial charge >= 0.3 is 0 Å². The summed E-state index contributed by atoms with van der Waals surface area (Å²) in [6.07, 6.45) is 0. The van der Waals surface area contributed by atoms with Crippen molar-refractivity contribution in [3.63, 3.8) is 0 Å².